The fraction of sp³-hybridized carbons (Fsp3) is 0.435. The molecule has 27 heavy (non-hydrogen) atoms. The van der Waals surface area contributed by atoms with Crippen LogP contribution in [0, 0.1) is 5.92 Å². The van der Waals surface area contributed by atoms with E-state index < -0.39 is 0 Å². The normalized spacial score (nSPS) is 16.6. The average molecular weight is 364 g/mol. The van der Waals surface area contributed by atoms with Gasteiger partial charge in [0.15, 0.2) is 0 Å². The Morgan fingerprint density at radius 1 is 1.11 bits per heavy atom. The van der Waals surface area contributed by atoms with Gasteiger partial charge in [0.2, 0.25) is 5.91 Å². The molecular weight excluding hydrogens is 336 g/mol. The minimum atomic E-state index is 0.00663. The fourth-order valence-corrected chi connectivity index (χ4v) is 3.56. The third-order valence-electron chi connectivity index (χ3n) is 5.42. The van der Waals surface area contributed by atoms with Gasteiger partial charge >= 0.3 is 0 Å². The third kappa shape index (κ3) is 5.10. The van der Waals surface area contributed by atoms with E-state index in [2.05, 4.69) is 52.7 Å². The zero-order valence-electron chi connectivity index (χ0n) is 16.0. The zero-order valence-corrected chi connectivity index (χ0v) is 16.0. The standard InChI is InChI=1S/C23H28N2O2/c1-17(26)24-13-18-2-4-19(5-3-18)14-25-11-10-21-12-23(9-8-22(21)15-25)27-16-20-6-7-20/h2-5,8-9,12,20H,6-7,10-11,13-16H2,1H3,(H,24,26). The number of rotatable bonds is 7. The maximum Gasteiger partial charge on any atom is 0.217 e. The van der Waals surface area contributed by atoms with Crippen LogP contribution < -0.4 is 10.1 Å². The van der Waals surface area contributed by atoms with E-state index >= 15 is 0 Å². The number of hydrogen-bond donors (Lipinski definition) is 1. The molecule has 0 unspecified atom stereocenters. The number of nitrogens with one attached hydrogen (secondary N) is 1. The lowest BCUT2D eigenvalue weighted by atomic mass is 9.99. The highest BCUT2D eigenvalue weighted by Crippen LogP contribution is 2.30. The van der Waals surface area contributed by atoms with Gasteiger partial charge in [0.05, 0.1) is 6.61 Å². The molecule has 1 amide bonds. The van der Waals surface area contributed by atoms with Crippen LogP contribution in [0.4, 0.5) is 0 Å². The Bertz CT molecular complexity index is 797. The molecule has 4 nitrogen and oxygen atoms in total. The number of nitrogens with zero attached hydrogens (tertiary/aromatic N) is 1. The van der Waals surface area contributed by atoms with Crippen molar-refractivity contribution in [2.75, 3.05) is 13.2 Å². The van der Waals surface area contributed by atoms with Gasteiger partial charge in [0, 0.05) is 33.1 Å². The molecule has 1 fully saturated rings. The highest BCUT2D eigenvalue weighted by Gasteiger charge is 2.22. The van der Waals surface area contributed by atoms with Gasteiger partial charge in [0.25, 0.3) is 0 Å². The van der Waals surface area contributed by atoms with Crippen LogP contribution in [-0.4, -0.2) is 24.0 Å². The van der Waals surface area contributed by atoms with Crippen molar-refractivity contribution in [2.24, 2.45) is 5.92 Å². The first-order valence-electron chi connectivity index (χ1n) is 9.95. The number of fused-ring (bicyclic) bond motifs is 1. The highest BCUT2D eigenvalue weighted by molar-refractivity contribution is 5.72. The molecular formula is C23H28N2O2. The van der Waals surface area contributed by atoms with E-state index in [1.807, 2.05) is 0 Å². The van der Waals surface area contributed by atoms with Crippen LogP contribution in [0.15, 0.2) is 42.5 Å². The molecule has 4 rings (SSSR count). The maximum atomic E-state index is 11.0. The van der Waals surface area contributed by atoms with Crippen LogP contribution in [0.2, 0.25) is 0 Å². The van der Waals surface area contributed by atoms with Crippen LogP contribution >= 0.6 is 0 Å². The van der Waals surface area contributed by atoms with Gasteiger partial charge in [-0.3, -0.25) is 9.69 Å². The van der Waals surface area contributed by atoms with Crippen molar-refractivity contribution in [3.05, 3.63) is 64.7 Å². The average Bonchev–Trinajstić information content (AvgIpc) is 3.50. The zero-order chi connectivity index (χ0) is 18.6. The van der Waals surface area contributed by atoms with Crippen molar-refractivity contribution in [1.29, 1.82) is 0 Å². The summed E-state index contributed by atoms with van der Waals surface area (Å²) in [7, 11) is 0. The van der Waals surface area contributed by atoms with E-state index in [0.29, 0.717) is 6.54 Å². The van der Waals surface area contributed by atoms with Crippen molar-refractivity contribution in [3.63, 3.8) is 0 Å². The van der Waals surface area contributed by atoms with Crippen LogP contribution in [0.25, 0.3) is 0 Å². The summed E-state index contributed by atoms with van der Waals surface area (Å²) in [6.45, 7) is 6.05. The summed E-state index contributed by atoms with van der Waals surface area (Å²) >= 11 is 0. The predicted octanol–water partition coefficient (Wildman–Crippen LogP) is 3.67. The molecule has 2 aromatic rings. The summed E-state index contributed by atoms with van der Waals surface area (Å²) < 4.78 is 5.92. The van der Waals surface area contributed by atoms with Gasteiger partial charge in [0.1, 0.15) is 5.75 Å². The second-order valence-corrected chi connectivity index (χ2v) is 7.87. The molecule has 4 heteroatoms. The summed E-state index contributed by atoms with van der Waals surface area (Å²) in [5, 5.41) is 2.84. The van der Waals surface area contributed by atoms with E-state index in [1.54, 1.807) is 6.92 Å². The van der Waals surface area contributed by atoms with E-state index in [1.165, 1.54) is 29.5 Å². The van der Waals surface area contributed by atoms with Gasteiger partial charge in [-0.2, -0.15) is 0 Å². The van der Waals surface area contributed by atoms with Crippen molar-refractivity contribution >= 4 is 5.91 Å². The lowest BCUT2D eigenvalue weighted by Crippen LogP contribution is -2.30. The molecule has 1 N–H and O–H groups in total. The molecule has 2 aromatic carbocycles. The Morgan fingerprint density at radius 3 is 2.63 bits per heavy atom. The molecule has 1 saturated carbocycles. The Morgan fingerprint density at radius 2 is 1.89 bits per heavy atom. The maximum absolute atomic E-state index is 11.0. The van der Waals surface area contributed by atoms with E-state index in [4.69, 9.17) is 4.74 Å². The monoisotopic (exact) mass is 364 g/mol. The van der Waals surface area contributed by atoms with Crippen LogP contribution in [0.3, 0.4) is 0 Å². The minimum Gasteiger partial charge on any atom is -0.493 e. The lowest BCUT2D eigenvalue weighted by Gasteiger charge is -2.29. The molecule has 0 spiro atoms. The summed E-state index contributed by atoms with van der Waals surface area (Å²) in [4.78, 5) is 13.5. The second kappa shape index (κ2) is 8.13. The fourth-order valence-electron chi connectivity index (χ4n) is 3.56. The Labute approximate surface area is 161 Å². The Hall–Kier alpha value is -2.33. The van der Waals surface area contributed by atoms with E-state index in [9.17, 15) is 4.79 Å². The lowest BCUT2D eigenvalue weighted by molar-refractivity contribution is -0.119. The van der Waals surface area contributed by atoms with Crippen molar-refractivity contribution in [2.45, 2.75) is 45.8 Å². The van der Waals surface area contributed by atoms with Crippen LogP contribution in [0.1, 0.15) is 42.0 Å². The van der Waals surface area contributed by atoms with Gasteiger partial charge < -0.3 is 10.1 Å². The molecule has 1 aliphatic carbocycles. The van der Waals surface area contributed by atoms with Crippen LogP contribution in [-0.2, 0) is 30.8 Å². The number of ether oxygens (including phenoxy) is 1. The van der Waals surface area contributed by atoms with E-state index in [0.717, 1.165) is 49.9 Å². The first-order chi connectivity index (χ1) is 13.2. The minimum absolute atomic E-state index is 0.00663. The first kappa shape index (κ1) is 18.1. The Kier molecular flexibility index (Phi) is 5.44. The molecule has 0 radical (unpaired) electrons. The topological polar surface area (TPSA) is 41.6 Å². The van der Waals surface area contributed by atoms with Gasteiger partial charge in [-0.15, -0.1) is 0 Å². The van der Waals surface area contributed by atoms with Crippen molar-refractivity contribution in [3.8, 4) is 5.75 Å². The second-order valence-electron chi connectivity index (χ2n) is 7.87. The molecule has 2 aliphatic rings. The number of carbonyl (C=O) groups is 1. The SMILES string of the molecule is CC(=O)NCc1ccc(CN2CCc3cc(OCC4CC4)ccc3C2)cc1. The molecule has 1 heterocycles. The number of amides is 1. The summed E-state index contributed by atoms with van der Waals surface area (Å²) in [5.74, 6) is 1.83. The molecule has 0 aromatic heterocycles. The van der Waals surface area contributed by atoms with Gasteiger partial charge in [-0.1, -0.05) is 30.3 Å². The largest absolute Gasteiger partial charge is 0.493 e. The molecule has 1 aliphatic heterocycles. The van der Waals surface area contributed by atoms with Crippen molar-refractivity contribution < 1.29 is 9.53 Å². The molecule has 0 bridgehead atoms. The van der Waals surface area contributed by atoms with E-state index in [-0.39, 0.29) is 5.91 Å². The Balaban J connectivity index is 1.31. The van der Waals surface area contributed by atoms with Gasteiger partial charge in [-0.05, 0) is 59.6 Å². The number of hydrogen-bond acceptors (Lipinski definition) is 3. The molecule has 142 valence electrons. The van der Waals surface area contributed by atoms with Gasteiger partial charge in [-0.25, -0.2) is 0 Å². The number of benzene rings is 2. The van der Waals surface area contributed by atoms with Crippen molar-refractivity contribution in [1.82, 2.24) is 10.2 Å². The highest BCUT2D eigenvalue weighted by atomic mass is 16.5. The van der Waals surface area contributed by atoms with Crippen LogP contribution in [0.5, 0.6) is 5.75 Å². The smallest absolute Gasteiger partial charge is 0.217 e. The molecule has 0 saturated heterocycles. The third-order valence-corrected chi connectivity index (χ3v) is 5.42. The first-order valence-corrected chi connectivity index (χ1v) is 9.95. The quantitative estimate of drug-likeness (QED) is 0.815. The molecule has 0 atom stereocenters. The summed E-state index contributed by atoms with van der Waals surface area (Å²) in [5.41, 5.74) is 5.30. The summed E-state index contributed by atoms with van der Waals surface area (Å²) in [6.07, 6.45) is 3.73. The summed E-state index contributed by atoms with van der Waals surface area (Å²) in [6, 6.07) is 15.1. The predicted molar refractivity (Wildman–Crippen MR) is 106 cm³/mol. The number of carbonyl (C=O) groups excluding carboxylic acids is 1.